The molecule has 3 rings (SSSR count). The SMILES string of the molecule is CC(=O)c1ccc(N2C(=O)/C(=C\c3ccc(O)cc3)N=C2C)cc1. The summed E-state index contributed by atoms with van der Waals surface area (Å²) in [5.41, 5.74) is 2.37. The Morgan fingerprint density at radius 2 is 1.71 bits per heavy atom. The molecule has 1 heterocycles. The van der Waals surface area contributed by atoms with E-state index >= 15 is 0 Å². The van der Waals surface area contributed by atoms with E-state index in [0.29, 0.717) is 22.8 Å². The molecule has 2 aromatic rings. The van der Waals surface area contributed by atoms with Crippen molar-refractivity contribution in [1.29, 1.82) is 0 Å². The second-order valence-corrected chi connectivity index (χ2v) is 5.52. The van der Waals surface area contributed by atoms with Crippen LogP contribution in [0.4, 0.5) is 5.69 Å². The van der Waals surface area contributed by atoms with Gasteiger partial charge in [-0.1, -0.05) is 12.1 Å². The smallest absolute Gasteiger partial charge is 0.282 e. The van der Waals surface area contributed by atoms with Crippen molar-refractivity contribution in [3.8, 4) is 5.75 Å². The zero-order chi connectivity index (χ0) is 17.3. The second-order valence-electron chi connectivity index (χ2n) is 5.52. The topological polar surface area (TPSA) is 70.0 Å². The van der Waals surface area contributed by atoms with Crippen LogP contribution in [0, 0.1) is 0 Å². The second kappa shape index (κ2) is 6.12. The maximum Gasteiger partial charge on any atom is 0.282 e. The number of phenolic OH excluding ortho intramolecular Hbond substituents is 1. The van der Waals surface area contributed by atoms with E-state index in [-0.39, 0.29) is 17.4 Å². The largest absolute Gasteiger partial charge is 0.508 e. The fourth-order valence-corrected chi connectivity index (χ4v) is 2.51. The Hall–Kier alpha value is -3.21. The summed E-state index contributed by atoms with van der Waals surface area (Å²) in [6, 6.07) is 13.4. The van der Waals surface area contributed by atoms with Gasteiger partial charge in [0.2, 0.25) is 0 Å². The zero-order valence-corrected chi connectivity index (χ0v) is 13.4. The number of carbonyl (C=O) groups is 2. The molecular weight excluding hydrogens is 304 g/mol. The normalized spacial score (nSPS) is 15.8. The van der Waals surface area contributed by atoms with Gasteiger partial charge in [0.05, 0.1) is 5.69 Å². The summed E-state index contributed by atoms with van der Waals surface area (Å²) in [6.45, 7) is 3.26. The van der Waals surface area contributed by atoms with Gasteiger partial charge in [-0.2, -0.15) is 0 Å². The average molecular weight is 320 g/mol. The van der Waals surface area contributed by atoms with E-state index in [2.05, 4.69) is 4.99 Å². The predicted molar refractivity (Wildman–Crippen MR) is 93.1 cm³/mol. The predicted octanol–water partition coefficient (Wildman–Crippen LogP) is 3.40. The van der Waals surface area contributed by atoms with E-state index in [1.165, 1.54) is 11.8 Å². The number of anilines is 1. The van der Waals surface area contributed by atoms with Crippen LogP contribution in [0.5, 0.6) is 5.75 Å². The van der Waals surface area contributed by atoms with Crippen molar-refractivity contribution >= 4 is 29.3 Å². The number of phenols is 1. The molecule has 0 atom stereocenters. The molecular formula is C19H16N2O3. The molecule has 1 aliphatic heterocycles. The molecule has 0 aliphatic carbocycles. The number of amidine groups is 1. The molecule has 0 aromatic heterocycles. The molecule has 0 saturated carbocycles. The van der Waals surface area contributed by atoms with Gasteiger partial charge in [0, 0.05) is 5.56 Å². The minimum Gasteiger partial charge on any atom is -0.508 e. The van der Waals surface area contributed by atoms with E-state index in [4.69, 9.17) is 0 Å². The maximum atomic E-state index is 12.6. The monoisotopic (exact) mass is 320 g/mol. The molecule has 0 fully saturated rings. The number of hydrogen-bond acceptors (Lipinski definition) is 4. The number of hydrogen-bond donors (Lipinski definition) is 1. The highest BCUT2D eigenvalue weighted by atomic mass is 16.3. The first kappa shape index (κ1) is 15.7. The highest BCUT2D eigenvalue weighted by Crippen LogP contribution is 2.25. The molecule has 0 unspecified atom stereocenters. The van der Waals surface area contributed by atoms with Gasteiger partial charge in [-0.25, -0.2) is 4.99 Å². The third-order valence-electron chi connectivity index (χ3n) is 3.76. The van der Waals surface area contributed by atoms with Gasteiger partial charge in [0.15, 0.2) is 5.78 Å². The van der Waals surface area contributed by atoms with Crippen molar-refractivity contribution in [2.75, 3.05) is 4.90 Å². The van der Waals surface area contributed by atoms with Crippen molar-refractivity contribution in [3.63, 3.8) is 0 Å². The Bertz CT molecular complexity index is 862. The molecule has 2 aromatic carbocycles. The van der Waals surface area contributed by atoms with Crippen LogP contribution < -0.4 is 4.90 Å². The van der Waals surface area contributed by atoms with Gasteiger partial charge < -0.3 is 5.11 Å². The summed E-state index contributed by atoms with van der Waals surface area (Å²) >= 11 is 0. The van der Waals surface area contributed by atoms with E-state index in [0.717, 1.165) is 5.56 Å². The molecule has 120 valence electrons. The maximum absolute atomic E-state index is 12.6. The van der Waals surface area contributed by atoms with Gasteiger partial charge in [-0.15, -0.1) is 0 Å². The number of benzene rings is 2. The first-order valence-electron chi connectivity index (χ1n) is 7.47. The lowest BCUT2D eigenvalue weighted by atomic mass is 10.1. The first-order chi connectivity index (χ1) is 11.5. The fourth-order valence-electron chi connectivity index (χ4n) is 2.51. The Balaban J connectivity index is 1.90. The summed E-state index contributed by atoms with van der Waals surface area (Å²) in [6.07, 6.45) is 1.68. The summed E-state index contributed by atoms with van der Waals surface area (Å²) < 4.78 is 0. The molecule has 0 spiro atoms. The average Bonchev–Trinajstić information content (AvgIpc) is 2.83. The lowest BCUT2D eigenvalue weighted by molar-refractivity contribution is -0.113. The standard InChI is InChI=1S/C19H16N2O3/c1-12(22)15-5-7-16(8-6-15)21-13(2)20-18(19(21)24)11-14-3-9-17(23)10-4-14/h3-11,23H,1-2H3/b18-11+. The highest BCUT2D eigenvalue weighted by molar-refractivity contribution is 6.28. The first-order valence-corrected chi connectivity index (χ1v) is 7.47. The summed E-state index contributed by atoms with van der Waals surface area (Å²) in [5, 5.41) is 9.32. The van der Waals surface area contributed by atoms with Crippen LogP contribution in [0.1, 0.15) is 29.8 Å². The van der Waals surface area contributed by atoms with E-state index in [1.807, 2.05) is 0 Å². The van der Waals surface area contributed by atoms with Crippen LogP contribution in [0.15, 0.2) is 59.2 Å². The lowest BCUT2D eigenvalue weighted by Crippen LogP contribution is -2.30. The number of rotatable bonds is 3. The van der Waals surface area contributed by atoms with Gasteiger partial charge in [-0.05, 0) is 61.9 Å². The van der Waals surface area contributed by atoms with Crippen molar-refractivity contribution < 1.29 is 14.7 Å². The van der Waals surface area contributed by atoms with Gasteiger partial charge >= 0.3 is 0 Å². The number of amides is 1. The molecule has 0 saturated heterocycles. The molecule has 0 bridgehead atoms. The molecule has 1 aliphatic rings. The zero-order valence-electron chi connectivity index (χ0n) is 13.4. The molecule has 5 heteroatoms. The number of nitrogens with zero attached hydrogens (tertiary/aromatic N) is 2. The summed E-state index contributed by atoms with van der Waals surface area (Å²) in [5.74, 6) is 0.492. The van der Waals surface area contributed by atoms with Crippen LogP contribution in [0.2, 0.25) is 0 Å². The molecule has 1 N–H and O–H groups in total. The van der Waals surface area contributed by atoms with E-state index in [1.54, 1.807) is 61.5 Å². The third kappa shape index (κ3) is 2.96. The Kier molecular flexibility index (Phi) is 4.00. The van der Waals surface area contributed by atoms with E-state index < -0.39 is 0 Å². The molecule has 1 amide bonds. The van der Waals surface area contributed by atoms with Gasteiger partial charge in [0.25, 0.3) is 5.91 Å². The van der Waals surface area contributed by atoms with Crippen LogP contribution in [0.25, 0.3) is 6.08 Å². The fraction of sp³-hybridized carbons (Fsp3) is 0.105. The van der Waals surface area contributed by atoms with Crippen molar-refractivity contribution in [3.05, 3.63) is 65.4 Å². The van der Waals surface area contributed by atoms with E-state index in [9.17, 15) is 14.7 Å². The quantitative estimate of drug-likeness (QED) is 0.696. The minimum absolute atomic E-state index is 0.0207. The van der Waals surface area contributed by atoms with Crippen molar-refractivity contribution in [2.24, 2.45) is 4.99 Å². The Morgan fingerprint density at radius 3 is 2.29 bits per heavy atom. The van der Waals surface area contributed by atoms with Crippen LogP contribution in [-0.2, 0) is 4.79 Å². The number of aliphatic imine (C=N–C) groups is 1. The lowest BCUT2D eigenvalue weighted by Gasteiger charge is -2.16. The number of ketones is 1. The summed E-state index contributed by atoms with van der Waals surface area (Å²) in [7, 11) is 0. The van der Waals surface area contributed by atoms with Gasteiger partial charge in [0.1, 0.15) is 17.3 Å². The third-order valence-corrected chi connectivity index (χ3v) is 3.76. The molecule has 5 nitrogen and oxygen atoms in total. The van der Waals surface area contributed by atoms with Crippen molar-refractivity contribution in [1.82, 2.24) is 0 Å². The molecule has 24 heavy (non-hydrogen) atoms. The van der Waals surface area contributed by atoms with Crippen LogP contribution >= 0.6 is 0 Å². The highest BCUT2D eigenvalue weighted by Gasteiger charge is 2.28. The number of Topliss-reactive ketones (excluding diaryl/α,β-unsaturated/α-hetero) is 1. The Labute approximate surface area is 139 Å². The van der Waals surface area contributed by atoms with Crippen LogP contribution in [0.3, 0.4) is 0 Å². The number of aromatic hydroxyl groups is 1. The number of carbonyl (C=O) groups excluding carboxylic acids is 2. The van der Waals surface area contributed by atoms with Crippen LogP contribution in [-0.4, -0.2) is 22.6 Å². The summed E-state index contributed by atoms with van der Waals surface area (Å²) in [4.78, 5) is 29.8. The Morgan fingerprint density at radius 1 is 1.08 bits per heavy atom. The van der Waals surface area contributed by atoms with Gasteiger partial charge in [-0.3, -0.25) is 14.5 Å². The minimum atomic E-state index is -0.226. The van der Waals surface area contributed by atoms with Crippen molar-refractivity contribution in [2.45, 2.75) is 13.8 Å². The molecule has 0 radical (unpaired) electrons.